The second-order valence-corrected chi connectivity index (χ2v) is 9.10. The Morgan fingerprint density at radius 3 is 2.67 bits per heavy atom. The zero-order valence-electron chi connectivity index (χ0n) is 20.6. The molecular formula is C26H31N5O4S. The van der Waals surface area contributed by atoms with E-state index in [1.54, 1.807) is 13.2 Å². The van der Waals surface area contributed by atoms with Crippen molar-refractivity contribution in [2.24, 2.45) is 0 Å². The van der Waals surface area contributed by atoms with E-state index in [4.69, 9.17) is 14.2 Å². The fourth-order valence-electron chi connectivity index (χ4n) is 3.84. The highest BCUT2D eigenvalue weighted by molar-refractivity contribution is 7.99. The first-order valence-corrected chi connectivity index (χ1v) is 12.8. The lowest BCUT2D eigenvalue weighted by molar-refractivity contribution is -0.113. The molecule has 2 heterocycles. The number of amides is 1. The second-order valence-electron chi connectivity index (χ2n) is 8.16. The molecule has 0 radical (unpaired) electrons. The lowest BCUT2D eigenvalue weighted by Gasteiger charge is -2.28. The van der Waals surface area contributed by atoms with Crippen LogP contribution in [-0.4, -0.2) is 59.8 Å². The molecule has 0 bridgehead atoms. The van der Waals surface area contributed by atoms with Crippen molar-refractivity contribution < 1.29 is 19.0 Å². The Balaban J connectivity index is 1.35. The Hall–Kier alpha value is -3.50. The maximum absolute atomic E-state index is 12.6. The van der Waals surface area contributed by atoms with Crippen molar-refractivity contribution in [2.45, 2.75) is 24.7 Å². The van der Waals surface area contributed by atoms with E-state index in [0.29, 0.717) is 29.0 Å². The smallest absolute Gasteiger partial charge is 0.234 e. The summed E-state index contributed by atoms with van der Waals surface area (Å²) in [6.45, 7) is 9.47. The molecule has 4 rings (SSSR count). The maximum atomic E-state index is 12.6. The predicted molar refractivity (Wildman–Crippen MR) is 141 cm³/mol. The molecule has 0 aliphatic carbocycles. The first-order chi connectivity index (χ1) is 17.6. The predicted octanol–water partition coefficient (Wildman–Crippen LogP) is 4.18. The van der Waals surface area contributed by atoms with Gasteiger partial charge in [0.25, 0.3) is 0 Å². The van der Waals surface area contributed by atoms with Gasteiger partial charge in [0, 0.05) is 37.1 Å². The molecule has 190 valence electrons. The first kappa shape index (κ1) is 25.6. The second kappa shape index (κ2) is 12.5. The van der Waals surface area contributed by atoms with Crippen LogP contribution in [-0.2, 0) is 16.1 Å². The zero-order valence-corrected chi connectivity index (χ0v) is 21.4. The molecule has 10 heteroatoms. The number of benzene rings is 2. The van der Waals surface area contributed by atoms with E-state index >= 15 is 0 Å². The Morgan fingerprint density at radius 2 is 1.94 bits per heavy atom. The summed E-state index contributed by atoms with van der Waals surface area (Å²) in [6, 6.07) is 15.3. The standard InChI is InChI=1S/C26H31N5O4S/c1-4-12-31-25(19(2)35-23-7-5-6-22(17-23)33-3)28-29-26(31)36-18-24(32)27-20-8-10-21(11-9-20)30-13-15-34-16-14-30/h4-11,17,19H,1,12-16,18H2,2-3H3,(H,27,32). The van der Waals surface area contributed by atoms with Gasteiger partial charge in [0.15, 0.2) is 17.1 Å². The van der Waals surface area contributed by atoms with Gasteiger partial charge in [-0.05, 0) is 43.3 Å². The fraction of sp³-hybridized carbons (Fsp3) is 0.346. The molecule has 1 aliphatic heterocycles. The molecule has 1 fully saturated rings. The third-order valence-corrected chi connectivity index (χ3v) is 6.60. The minimum atomic E-state index is -0.363. The number of ether oxygens (including phenoxy) is 3. The first-order valence-electron chi connectivity index (χ1n) is 11.8. The fourth-order valence-corrected chi connectivity index (χ4v) is 4.60. The normalized spacial score (nSPS) is 14.2. The van der Waals surface area contributed by atoms with E-state index in [2.05, 4.69) is 27.0 Å². The topological polar surface area (TPSA) is 90.7 Å². The minimum absolute atomic E-state index is 0.116. The van der Waals surface area contributed by atoms with Crippen LogP contribution in [0.5, 0.6) is 11.5 Å². The molecule has 3 aromatic rings. The number of nitrogens with one attached hydrogen (secondary N) is 1. The molecule has 0 saturated carbocycles. The van der Waals surface area contributed by atoms with Gasteiger partial charge >= 0.3 is 0 Å². The Morgan fingerprint density at radius 1 is 1.19 bits per heavy atom. The van der Waals surface area contributed by atoms with Crippen LogP contribution < -0.4 is 19.7 Å². The van der Waals surface area contributed by atoms with Crippen molar-refractivity contribution in [2.75, 3.05) is 49.4 Å². The number of hydrogen-bond acceptors (Lipinski definition) is 8. The monoisotopic (exact) mass is 509 g/mol. The van der Waals surface area contributed by atoms with Gasteiger partial charge in [-0.1, -0.05) is 23.9 Å². The Labute approximate surface area is 215 Å². The zero-order chi connectivity index (χ0) is 25.3. The number of rotatable bonds is 11. The summed E-state index contributed by atoms with van der Waals surface area (Å²) < 4.78 is 18.6. The third-order valence-electron chi connectivity index (χ3n) is 5.63. The van der Waals surface area contributed by atoms with Crippen molar-refractivity contribution >= 4 is 29.0 Å². The molecule has 36 heavy (non-hydrogen) atoms. The molecule has 1 saturated heterocycles. The number of thioether (sulfide) groups is 1. The highest BCUT2D eigenvalue weighted by atomic mass is 32.2. The van der Waals surface area contributed by atoms with Crippen LogP contribution in [0.3, 0.4) is 0 Å². The van der Waals surface area contributed by atoms with E-state index in [9.17, 15) is 4.79 Å². The van der Waals surface area contributed by atoms with Gasteiger partial charge in [0.05, 0.1) is 26.1 Å². The van der Waals surface area contributed by atoms with E-state index in [-0.39, 0.29) is 17.8 Å². The Kier molecular flexibility index (Phi) is 8.85. The van der Waals surface area contributed by atoms with E-state index in [1.807, 2.05) is 60.0 Å². The number of aromatic nitrogens is 3. The van der Waals surface area contributed by atoms with Crippen LogP contribution >= 0.6 is 11.8 Å². The van der Waals surface area contributed by atoms with Gasteiger partial charge in [0.1, 0.15) is 11.5 Å². The van der Waals surface area contributed by atoms with Crippen LogP contribution in [0.15, 0.2) is 66.3 Å². The summed E-state index contributed by atoms with van der Waals surface area (Å²) in [4.78, 5) is 14.9. The quantitative estimate of drug-likeness (QED) is 0.304. The van der Waals surface area contributed by atoms with Gasteiger partial charge in [-0.2, -0.15) is 0 Å². The van der Waals surface area contributed by atoms with Crippen molar-refractivity contribution in [1.82, 2.24) is 14.8 Å². The molecule has 2 aromatic carbocycles. The summed E-state index contributed by atoms with van der Waals surface area (Å²) in [5, 5.41) is 12.2. The molecule has 1 unspecified atom stereocenters. The van der Waals surface area contributed by atoms with Crippen molar-refractivity contribution in [3.8, 4) is 11.5 Å². The van der Waals surface area contributed by atoms with Gasteiger partial charge in [-0.25, -0.2) is 0 Å². The molecule has 1 aliphatic rings. The molecule has 1 N–H and O–H groups in total. The number of carbonyl (C=O) groups is 1. The largest absolute Gasteiger partial charge is 0.497 e. The van der Waals surface area contributed by atoms with Crippen LogP contribution in [0.1, 0.15) is 18.9 Å². The molecule has 1 aromatic heterocycles. The number of hydrogen-bond donors (Lipinski definition) is 1. The molecule has 9 nitrogen and oxygen atoms in total. The SMILES string of the molecule is C=CCn1c(SCC(=O)Nc2ccc(N3CCOCC3)cc2)nnc1C(C)Oc1cccc(OC)c1. The number of methoxy groups -OCH3 is 1. The maximum Gasteiger partial charge on any atom is 0.234 e. The number of carbonyl (C=O) groups excluding carboxylic acids is 1. The van der Waals surface area contributed by atoms with Crippen LogP contribution in [0, 0.1) is 0 Å². The number of nitrogens with zero attached hydrogens (tertiary/aromatic N) is 4. The number of anilines is 2. The van der Waals surface area contributed by atoms with E-state index in [0.717, 1.165) is 37.7 Å². The third kappa shape index (κ3) is 6.58. The molecule has 1 atom stereocenters. The molecule has 1 amide bonds. The van der Waals surface area contributed by atoms with Gasteiger partial charge in [-0.3, -0.25) is 9.36 Å². The summed E-state index contributed by atoms with van der Waals surface area (Å²) in [7, 11) is 1.61. The summed E-state index contributed by atoms with van der Waals surface area (Å²) in [5.74, 6) is 2.12. The van der Waals surface area contributed by atoms with E-state index < -0.39 is 0 Å². The van der Waals surface area contributed by atoms with Crippen molar-refractivity contribution in [1.29, 1.82) is 0 Å². The summed E-state index contributed by atoms with van der Waals surface area (Å²) >= 11 is 1.32. The lowest BCUT2D eigenvalue weighted by Crippen LogP contribution is -2.36. The molecular weight excluding hydrogens is 478 g/mol. The van der Waals surface area contributed by atoms with Crippen molar-refractivity contribution in [3.05, 3.63) is 67.0 Å². The van der Waals surface area contributed by atoms with Crippen LogP contribution in [0.25, 0.3) is 0 Å². The van der Waals surface area contributed by atoms with Crippen molar-refractivity contribution in [3.63, 3.8) is 0 Å². The Bertz CT molecular complexity index is 1160. The highest BCUT2D eigenvalue weighted by Crippen LogP contribution is 2.27. The van der Waals surface area contributed by atoms with Gasteiger partial charge in [0.2, 0.25) is 5.91 Å². The lowest BCUT2D eigenvalue weighted by atomic mass is 10.2. The van der Waals surface area contributed by atoms with E-state index in [1.165, 1.54) is 11.8 Å². The summed E-state index contributed by atoms with van der Waals surface area (Å²) in [5.41, 5.74) is 1.88. The number of morpholine rings is 1. The molecule has 0 spiro atoms. The number of allylic oxidation sites excluding steroid dienone is 1. The average Bonchev–Trinajstić information content (AvgIpc) is 3.31. The minimum Gasteiger partial charge on any atom is -0.497 e. The van der Waals surface area contributed by atoms with Crippen LogP contribution in [0.2, 0.25) is 0 Å². The van der Waals surface area contributed by atoms with Gasteiger partial charge < -0.3 is 24.4 Å². The van der Waals surface area contributed by atoms with Gasteiger partial charge in [-0.15, -0.1) is 16.8 Å². The van der Waals surface area contributed by atoms with Crippen LogP contribution in [0.4, 0.5) is 11.4 Å². The highest BCUT2D eigenvalue weighted by Gasteiger charge is 2.20. The average molecular weight is 510 g/mol. The summed E-state index contributed by atoms with van der Waals surface area (Å²) in [6.07, 6.45) is 1.41.